The number of aromatic nitrogens is 2. The van der Waals surface area contributed by atoms with E-state index in [2.05, 4.69) is 15.3 Å². The van der Waals surface area contributed by atoms with Gasteiger partial charge in [-0.05, 0) is 38.3 Å². The van der Waals surface area contributed by atoms with Gasteiger partial charge in [0.2, 0.25) is 5.88 Å². The van der Waals surface area contributed by atoms with Crippen LogP contribution in [0, 0.1) is 19.7 Å². The summed E-state index contributed by atoms with van der Waals surface area (Å²) in [5.74, 6) is 2.17. The molecule has 1 aromatic heterocycles. The molecule has 5 heteroatoms. The smallest absolute Gasteiger partial charge is 0.227 e. The van der Waals surface area contributed by atoms with Crippen molar-refractivity contribution in [3.8, 4) is 11.6 Å². The first kappa shape index (κ1) is 13.8. The van der Waals surface area contributed by atoms with Crippen molar-refractivity contribution in [1.29, 1.82) is 0 Å². The van der Waals surface area contributed by atoms with Gasteiger partial charge in [-0.2, -0.15) is 4.98 Å². The molecule has 0 unspecified atom stereocenters. The summed E-state index contributed by atoms with van der Waals surface area (Å²) < 4.78 is 19.8. The summed E-state index contributed by atoms with van der Waals surface area (Å²) in [6.45, 7) is 3.58. The summed E-state index contributed by atoms with van der Waals surface area (Å²) in [5, 5.41) is 3.05. The van der Waals surface area contributed by atoms with E-state index in [-0.39, 0.29) is 11.6 Å². The molecular weight excluding hydrogens is 269 g/mol. The van der Waals surface area contributed by atoms with Crippen molar-refractivity contribution >= 4 is 5.82 Å². The average Bonchev–Trinajstić information content (AvgIpc) is 3.30. The van der Waals surface area contributed by atoms with Gasteiger partial charge in [-0.1, -0.05) is 12.1 Å². The Balaban J connectivity index is 2.01. The van der Waals surface area contributed by atoms with Crippen molar-refractivity contribution in [3.63, 3.8) is 0 Å². The topological polar surface area (TPSA) is 47.0 Å². The molecule has 1 aromatic carbocycles. The highest BCUT2D eigenvalue weighted by Gasteiger charge is 2.28. The highest BCUT2D eigenvalue weighted by molar-refractivity contribution is 5.50. The normalized spacial score (nSPS) is 14.1. The number of halogens is 1. The Kier molecular flexibility index (Phi) is 3.49. The van der Waals surface area contributed by atoms with E-state index in [0.29, 0.717) is 17.4 Å². The third-order valence-electron chi connectivity index (χ3n) is 3.66. The fourth-order valence-corrected chi connectivity index (χ4v) is 2.18. The van der Waals surface area contributed by atoms with Crippen LogP contribution in [0.1, 0.15) is 35.7 Å². The summed E-state index contributed by atoms with van der Waals surface area (Å²) in [6, 6.07) is 5.09. The molecule has 1 fully saturated rings. The maximum atomic E-state index is 14.1. The Morgan fingerprint density at radius 1 is 1.24 bits per heavy atom. The number of ether oxygens (including phenoxy) is 1. The standard InChI is InChI=1S/C16H18FN3O/c1-9-5-4-6-12(13(9)17)21-16-10(2)14(18-3)19-15(20-16)11-7-8-11/h4-6,11H,7-8H2,1-3H3,(H,18,19,20). The Hall–Kier alpha value is -2.17. The summed E-state index contributed by atoms with van der Waals surface area (Å²) in [6.07, 6.45) is 2.20. The van der Waals surface area contributed by atoms with Crippen LogP contribution in [0.2, 0.25) is 0 Å². The maximum absolute atomic E-state index is 14.1. The van der Waals surface area contributed by atoms with E-state index >= 15 is 0 Å². The fraction of sp³-hybridized carbons (Fsp3) is 0.375. The lowest BCUT2D eigenvalue weighted by molar-refractivity contribution is 0.420. The molecule has 1 aliphatic carbocycles. The molecule has 0 bridgehead atoms. The quantitative estimate of drug-likeness (QED) is 0.925. The number of hydrogen-bond donors (Lipinski definition) is 1. The lowest BCUT2D eigenvalue weighted by Crippen LogP contribution is -2.05. The number of hydrogen-bond acceptors (Lipinski definition) is 4. The predicted molar refractivity (Wildman–Crippen MR) is 79.5 cm³/mol. The van der Waals surface area contributed by atoms with E-state index in [9.17, 15) is 4.39 Å². The van der Waals surface area contributed by atoms with Crippen molar-refractivity contribution in [3.05, 3.63) is 41.0 Å². The second-order valence-electron chi connectivity index (χ2n) is 5.37. The minimum Gasteiger partial charge on any atom is -0.435 e. The first-order valence-corrected chi connectivity index (χ1v) is 7.09. The number of rotatable bonds is 4. The molecule has 1 N–H and O–H groups in total. The van der Waals surface area contributed by atoms with Gasteiger partial charge in [0.15, 0.2) is 11.6 Å². The molecule has 1 saturated carbocycles. The van der Waals surface area contributed by atoms with E-state index in [0.717, 1.165) is 30.0 Å². The summed E-state index contributed by atoms with van der Waals surface area (Å²) >= 11 is 0. The van der Waals surface area contributed by atoms with Gasteiger partial charge >= 0.3 is 0 Å². The van der Waals surface area contributed by atoms with Gasteiger partial charge in [0.25, 0.3) is 0 Å². The molecule has 0 amide bonds. The van der Waals surface area contributed by atoms with Crippen LogP contribution in [-0.2, 0) is 0 Å². The Labute approximate surface area is 123 Å². The highest BCUT2D eigenvalue weighted by atomic mass is 19.1. The molecule has 0 spiro atoms. The number of nitrogens with zero attached hydrogens (tertiary/aromatic N) is 2. The van der Waals surface area contributed by atoms with E-state index in [1.165, 1.54) is 0 Å². The van der Waals surface area contributed by atoms with Crippen LogP contribution in [0.5, 0.6) is 11.6 Å². The SMILES string of the molecule is CNc1nc(C2CC2)nc(Oc2cccc(C)c2F)c1C. The third kappa shape index (κ3) is 2.68. The third-order valence-corrected chi connectivity index (χ3v) is 3.66. The molecule has 0 saturated heterocycles. The van der Waals surface area contributed by atoms with Crippen molar-refractivity contribution in [2.45, 2.75) is 32.6 Å². The molecule has 2 aromatic rings. The second kappa shape index (κ2) is 5.31. The molecule has 1 aliphatic rings. The van der Waals surface area contributed by atoms with E-state index in [1.807, 2.05) is 14.0 Å². The number of nitrogens with one attached hydrogen (secondary N) is 1. The van der Waals surface area contributed by atoms with Crippen molar-refractivity contribution < 1.29 is 9.13 Å². The summed E-state index contributed by atoms with van der Waals surface area (Å²) in [4.78, 5) is 8.97. The lowest BCUT2D eigenvalue weighted by atomic mass is 10.2. The van der Waals surface area contributed by atoms with Gasteiger partial charge in [0, 0.05) is 13.0 Å². The molecular formula is C16H18FN3O. The molecule has 21 heavy (non-hydrogen) atoms. The Morgan fingerprint density at radius 2 is 2.00 bits per heavy atom. The molecule has 4 nitrogen and oxygen atoms in total. The summed E-state index contributed by atoms with van der Waals surface area (Å²) in [5.41, 5.74) is 1.33. The van der Waals surface area contributed by atoms with Gasteiger partial charge in [0.1, 0.15) is 11.6 Å². The van der Waals surface area contributed by atoms with Gasteiger partial charge in [-0.25, -0.2) is 9.37 Å². The largest absolute Gasteiger partial charge is 0.435 e. The molecule has 0 radical (unpaired) electrons. The van der Waals surface area contributed by atoms with E-state index < -0.39 is 0 Å². The van der Waals surface area contributed by atoms with Crippen LogP contribution in [0.4, 0.5) is 10.2 Å². The zero-order valence-corrected chi connectivity index (χ0v) is 12.4. The van der Waals surface area contributed by atoms with Gasteiger partial charge in [-0.15, -0.1) is 0 Å². The van der Waals surface area contributed by atoms with Crippen molar-refractivity contribution in [2.24, 2.45) is 0 Å². The molecule has 0 aliphatic heterocycles. The number of benzene rings is 1. The lowest BCUT2D eigenvalue weighted by Gasteiger charge is -2.13. The molecule has 110 valence electrons. The molecule has 0 atom stereocenters. The highest BCUT2D eigenvalue weighted by Crippen LogP contribution is 2.40. The number of anilines is 1. The van der Waals surface area contributed by atoms with Crippen LogP contribution in [-0.4, -0.2) is 17.0 Å². The zero-order valence-electron chi connectivity index (χ0n) is 12.4. The summed E-state index contributed by atoms with van der Waals surface area (Å²) in [7, 11) is 1.81. The monoisotopic (exact) mass is 287 g/mol. The van der Waals surface area contributed by atoms with Crippen LogP contribution < -0.4 is 10.1 Å². The first-order chi connectivity index (χ1) is 10.1. The minimum absolute atomic E-state index is 0.195. The second-order valence-corrected chi connectivity index (χ2v) is 5.37. The van der Waals surface area contributed by atoms with Gasteiger partial charge in [0.05, 0.1) is 5.56 Å². The fourth-order valence-electron chi connectivity index (χ4n) is 2.18. The van der Waals surface area contributed by atoms with Crippen molar-refractivity contribution in [2.75, 3.05) is 12.4 Å². The maximum Gasteiger partial charge on any atom is 0.227 e. The zero-order chi connectivity index (χ0) is 15.0. The average molecular weight is 287 g/mol. The Morgan fingerprint density at radius 3 is 2.67 bits per heavy atom. The van der Waals surface area contributed by atoms with Crippen LogP contribution in [0.3, 0.4) is 0 Å². The van der Waals surface area contributed by atoms with Crippen molar-refractivity contribution in [1.82, 2.24) is 9.97 Å². The van der Waals surface area contributed by atoms with Gasteiger partial charge < -0.3 is 10.1 Å². The molecule has 3 rings (SSSR count). The first-order valence-electron chi connectivity index (χ1n) is 7.09. The predicted octanol–water partition coefficient (Wildman–Crippen LogP) is 3.94. The molecule has 1 heterocycles. The minimum atomic E-state index is -0.352. The van der Waals surface area contributed by atoms with E-state index in [4.69, 9.17) is 4.74 Å². The van der Waals surface area contributed by atoms with Crippen LogP contribution in [0.15, 0.2) is 18.2 Å². The number of aryl methyl sites for hydroxylation is 1. The Bertz CT molecular complexity index is 683. The van der Waals surface area contributed by atoms with Gasteiger partial charge in [-0.3, -0.25) is 0 Å². The van der Waals surface area contributed by atoms with E-state index in [1.54, 1.807) is 25.1 Å². The van der Waals surface area contributed by atoms with Crippen LogP contribution in [0.25, 0.3) is 0 Å². The van der Waals surface area contributed by atoms with Crippen LogP contribution >= 0.6 is 0 Å².